The molecule has 0 unspecified atom stereocenters. The Hall–Kier alpha value is -2.28. The van der Waals surface area contributed by atoms with Gasteiger partial charge in [0.2, 0.25) is 0 Å². The van der Waals surface area contributed by atoms with Crippen LogP contribution in [0.15, 0.2) is 18.2 Å². The number of ether oxygens (including phenoxy) is 1. The summed E-state index contributed by atoms with van der Waals surface area (Å²) in [6.07, 6.45) is 2.16. The van der Waals surface area contributed by atoms with Crippen molar-refractivity contribution >= 4 is 16.6 Å². The lowest BCUT2D eigenvalue weighted by Crippen LogP contribution is -2.12. The van der Waals surface area contributed by atoms with Crippen molar-refractivity contribution in [2.24, 2.45) is 0 Å². The number of hydrogen-bond acceptors (Lipinski definition) is 4. The Morgan fingerprint density at radius 2 is 2.10 bits per heavy atom. The average Bonchev–Trinajstić information content (AvgIpc) is 2.46. The fourth-order valence-electron chi connectivity index (χ4n) is 2.43. The van der Waals surface area contributed by atoms with Gasteiger partial charge in [-0.05, 0) is 31.5 Å². The summed E-state index contributed by atoms with van der Waals surface area (Å²) in [7, 11) is 3.96. The largest absolute Gasteiger partial charge is 0.494 e. The van der Waals surface area contributed by atoms with Crippen molar-refractivity contribution in [2.45, 2.75) is 26.7 Å². The molecule has 0 saturated carbocycles. The van der Waals surface area contributed by atoms with Crippen LogP contribution in [-0.4, -0.2) is 25.7 Å². The fourth-order valence-corrected chi connectivity index (χ4v) is 2.43. The molecule has 0 fully saturated rings. The minimum atomic E-state index is 0.478. The standard InChI is InChI=1S/C17H21N3O/c1-5-6-9-21-13-7-8-15-14(10-13)17(20(3)4)12(2)16(11-18)19-15/h7-8,10H,5-6,9H2,1-4H3. The van der Waals surface area contributed by atoms with Gasteiger partial charge in [-0.1, -0.05) is 13.3 Å². The predicted octanol–water partition coefficient (Wildman–Crippen LogP) is 3.66. The lowest BCUT2D eigenvalue weighted by atomic mass is 10.1. The van der Waals surface area contributed by atoms with Crippen molar-refractivity contribution in [1.29, 1.82) is 5.26 Å². The molecule has 0 aliphatic carbocycles. The Bertz CT molecular complexity index is 686. The molecule has 4 heteroatoms. The summed E-state index contributed by atoms with van der Waals surface area (Å²) in [6.45, 7) is 4.80. The summed E-state index contributed by atoms with van der Waals surface area (Å²) in [4.78, 5) is 6.45. The Morgan fingerprint density at radius 3 is 2.71 bits per heavy atom. The second kappa shape index (κ2) is 6.45. The third-order valence-corrected chi connectivity index (χ3v) is 3.49. The minimum absolute atomic E-state index is 0.478. The second-order valence-corrected chi connectivity index (χ2v) is 5.32. The van der Waals surface area contributed by atoms with Crippen molar-refractivity contribution in [2.75, 3.05) is 25.6 Å². The number of hydrogen-bond donors (Lipinski definition) is 0. The maximum atomic E-state index is 9.23. The molecule has 0 N–H and O–H groups in total. The lowest BCUT2D eigenvalue weighted by Gasteiger charge is -2.19. The van der Waals surface area contributed by atoms with Crippen LogP contribution < -0.4 is 9.64 Å². The topological polar surface area (TPSA) is 49.1 Å². The molecule has 2 rings (SSSR count). The van der Waals surface area contributed by atoms with Crippen LogP contribution in [0.4, 0.5) is 5.69 Å². The first kappa shape index (κ1) is 15.1. The van der Waals surface area contributed by atoms with E-state index in [9.17, 15) is 5.26 Å². The molecule has 21 heavy (non-hydrogen) atoms. The van der Waals surface area contributed by atoms with Gasteiger partial charge < -0.3 is 9.64 Å². The minimum Gasteiger partial charge on any atom is -0.494 e. The Labute approximate surface area is 126 Å². The zero-order valence-electron chi connectivity index (χ0n) is 13.1. The van der Waals surface area contributed by atoms with E-state index in [-0.39, 0.29) is 0 Å². The number of rotatable bonds is 5. The predicted molar refractivity (Wildman–Crippen MR) is 85.9 cm³/mol. The van der Waals surface area contributed by atoms with Gasteiger partial charge >= 0.3 is 0 Å². The van der Waals surface area contributed by atoms with Gasteiger partial charge in [0.15, 0.2) is 0 Å². The number of unbranched alkanes of at least 4 members (excludes halogenated alkanes) is 1. The highest BCUT2D eigenvalue weighted by Crippen LogP contribution is 2.32. The van der Waals surface area contributed by atoms with Gasteiger partial charge in [-0.3, -0.25) is 0 Å². The average molecular weight is 283 g/mol. The number of pyridine rings is 1. The summed E-state index contributed by atoms with van der Waals surface area (Å²) in [5.74, 6) is 0.852. The summed E-state index contributed by atoms with van der Waals surface area (Å²) in [5, 5.41) is 10.2. The molecule has 0 amide bonds. The van der Waals surface area contributed by atoms with Gasteiger partial charge in [-0.2, -0.15) is 5.26 Å². The molecule has 0 saturated heterocycles. The van der Waals surface area contributed by atoms with Crippen LogP contribution >= 0.6 is 0 Å². The first-order valence-corrected chi connectivity index (χ1v) is 7.23. The van der Waals surface area contributed by atoms with Crippen LogP contribution in [0.2, 0.25) is 0 Å². The number of benzene rings is 1. The molecule has 0 aliphatic rings. The highest BCUT2D eigenvalue weighted by atomic mass is 16.5. The zero-order chi connectivity index (χ0) is 15.4. The summed E-state index contributed by atoms with van der Waals surface area (Å²) >= 11 is 0. The van der Waals surface area contributed by atoms with E-state index >= 15 is 0 Å². The third kappa shape index (κ3) is 3.08. The Balaban J connectivity index is 2.54. The number of aromatic nitrogens is 1. The molecule has 1 aromatic carbocycles. The Morgan fingerprint density at radius 1 is 1.33 bits per heavy atom. The summed E-state index contributed by atoms with van der Waals surface area (Å²) in [6, 6.07) is 8.02. The number of anilines is 1. The maximum Gasteiger partial charge on any atom is 0.146 e. The lowest BCUT2D eigenvalue weighted by molar-refractivity contribution is 0.310. The van der Waals surface area contributed by atoms with E-state index < -0.39 is 0 Å². The molecule has 4 nitrogen and oxygen atoms in total. The smallest absolute Gasteiger partial charge is 0.146 e. The normalized spacial score (nSPS) is 10.4. The van der Waals surface area contributed by atoms with Crippen LogP contribution in [0.5, 0.6) is 5.75 Å². The van der Waals surface area contributed by atoms with E-state index in [1.54, 1.807) is 0 Å². The van der Waals surface area contributed by atoms with E-state index in [0.29, 0.717) is 5.69 Å². The van der Waals surface area contributed by atoms with Crippen LogP contribution in [0.3, 0.4) is 0 Å². The van der Waals surface area contributed by atoms with Gasteiger partial charge in [-0.25, -0.2) is 4.98 Å². The number of nitrogens with zero attached hydrogens (tertiary/aromatic N) is 3. The molecular formula is C17H21N3O. The van der Waals surface area contributed by atoms with Gasteiger partial charge in [0.25, 0.3) is 0 Å². The van der Waals surface area contributed by atoms with Crippen LogP contribution in [0.25, 0.3) is 10.9 Å². The van der Waals surface area contributed by atoms with E-state index in [2.05, 4.69) is 18.0 Å². The van der Waals surface area contributed by atoms with E-state index in [4.69, 9.17) is 4.74 Å². The Kier molecular flexibility index (Phi) is 4.64. The van der Waals surface area contributed by atoms with E-state index in [1.165, 1.54) is 0 Å². The molecule has 0 bridgehead atoms. The third-order valence-electron chi connectivity index (χ3n) is 3.49. The number of fused-ring (bicyclic) bond motifs is 1. The van der Waals surface area contributed by atoms with Crippen LogP contribution in [0, 0.1) is 18.3 Å². The molecule has 1 heterocycles. The van der Waals surface area contributed by atoms with E-state index in [1.807, 2.05) is 44.1 Å². The zero-order valence-corrected chi connectivity index (χ0v) is 13.1. The molecule has 0 radical (unpaired) electrons. The summed E-state index contributed by atoms with van der Waals surface area (Å²) < 4.78 is 5.77. The maximum absolute atomic E-state index is 9.23. The SMILES string of the molecule is CCCCOc1ccc2nc(C#N)c(C)c(N(C)C)c2c1. The van der Waals surface area contributed by atoms with Crippen molar-refractivity contribution in [3.63, 3.8) is 0 Å². The highest BCUT2D eigenvalue weighted by Gasteiger charge is 2.14. The number of nitriles is 1. The van der Waals surface area contributed by atoms with Crippen molar-refractivity contribution < 1.29 is 4.74 Å². The molecular weight excluding hydrogens is 262 g/mol. The molecule has 0 atom stereocenters. The first-order valence-electron chi connectivity index (χ1n) is 7.23. The molecule has 0 spiro atoms. The molecule has 1 aromatic heterocycles. The van der Waals surface area contributed by atoms with Gasteiger partial charge in [0.1, 0.15) is 17.5 Å². The van der Waals surface area contributed by atoms with Crippen molar-refractivity contribution in [1.82, 2.24) is 4.98 Å². The van der Waals surface area contributed by atoms with Crippen molar-refractivity contribution in [3.8, 4) is 11.8 Å². The molecule has 2 aromatic rings. The quantitative estimate of drug-likeness (QED) is 0.786. The highest BCUT2D eigenvalue weighted by molar-refractivity contribution is 5.95. The van der Waals surface area contributed by atoms with Gasteiger partial charge in [-0.15, -0.1) is 0 Å². The van der Waals surface area contributed by atoms with Crippen LogP contribution in [0.1, 0.15) is 31.0 Å². The van der Waals surface area contributed by atoms with E-state index in [0.717, 1.165) is 47.4 Å². The van der Waals surface area contributed by atoms with Gasteiger partial charge in [0, 0.05) is 25.0 Å². The summed E-state index contributed by atoms with van der Waals surface area (Å²) in [5.41, 5.74) is 3.23. The molecule has 110 valence electrons. The first-order chi connectivity index (χ1) is 10.1. The monoisotopic (exact) mass is 283 g/mol. The fraction of sp³-hybridized carbons (Fsp3) is 0.412. The van der Waals surface area contributed by atoms with Crippen molar-refractivity contribution in [3.05, 3.63) is 29.5 Å². The molecule has 0 aliphatic heterocycles. The van der Waals surface area contributed by atoms with Gasteiger partial charge in [0.05, 0.1) is 17.8 Å². The van der Waals surface area contributed by atoms with Crippen LogP contribution in [-0.2, 0) is 0 Å². The second-order valence-electron chi connectivity index (χ2n) is 5.32.